The van der Waals surface area contributed by atoms with Crippen LogP contribution in [-0.2, 0) is 11.8 Å². The average Bonchev–Trinajstić information content (AvgIpc) is 2.81. The van der Waals surface area contributed by atoms with Crippen LogP contribution in [0.15, 0.2) is 18.2 Å². The molecular weight excluding hydrogens is 370 g/mol. The fraction of sp³-hybridized carbons (Fsp3) is 0.143. The van der Waals surface area contributed by atoms with E-state index >= 15 is 0 Å². The molecule has 0 bridgehead atoms. The van der Waals surface area contributed by atoms with Gasteiger partial charge in [0.2, 0.25) is 5.91 Å². The Balaban J connectivity index is 2.00. The summed E-state index contributed by atoms with van der Waals surface area (Å²) in [5.74, 6) is -6.09. The molecular formula is C14H10Cl2F3N3O2. The lowest BCUT2D eigenvalue weighted by atomic mass is 10.2. The lowest BCUT2D eigenvalue weighted by molar-refractivity contribution is -0.115. The third kappa shape index (κ3) is 3.65. The molecule has 0 radical (unpaired) electrons. The number of nitrogens with one attached hydrogen (secondary N) is 2. The zero-order valence-electron chi connectivity index (χ0n) is 12.1. The number of hydrogen-bond donors (Lipinski definition) is 2. The summed E-state index contributed by atoms with van der Waals surface area (Å²) >= 11 is 11.6. The normalized spacial score (nSPS) is 10.6. The summed E-state index contributed by atoms with van der Waals surface area (Å²) in [5, 5.41) is 4.60. The molecule has 0 aliphatic carbocycles. The van der Waals surface area contributed by atoms with Crippen LogP contribution >= 0.6 is 23.2 Å². The summed E-state index contributed by atoms with van der Waals surface area (Å²) in [5.41, 5.74) is -0.435. The lowest BCUT2D eigenvalue weighted by Crippen LogP contribution is -2.34. The average molecular weight is 380 g/mol. The molecule has 2 rings (SSSR count). The first-order valence-corrected chi connectivity index (χ1v) is 7.20. The summed E-state index contributed by atoms with van der Waals surface area (Å²) in [4.78, 5) is 23.6. The monoisotopic (exact) mass is 379 g/mol. The largest absolute Gasteiger partial charge is 0.342 e. The number of benzene rings is 1. The Hall–Kier alpha value is -2.19. The predicted molar refractivity (Wildman–Crippen MR) is 82.7 cm³/mol. The molecule has 24 heavy (non-hydrogen) atoms. The predicted octanol–water partition coefficient (Wildman–Crippen LogP) is 3.12. The Bertz CT molecular complexity index is 824. The number of aromatic nitrogens is 1. The second-order valence-corrected chi connectivity index (χ2v) is 5.45. The highest BCUT2D eigenvalue weighted by atomic mass is 35.5. The number of nitrogens with zero attached hydrogens (tertiary/aromatic N) is 1. The van der Waals surface area contributed by atoms with E-state index in [1.165, 1.54) is 17.7 Å². The standard InChI is InChI=1S/C14H10Cl2F3N3O2/c1-22-9(4-6(15)13(22)16)14(24)20-5-10(23)21-8-3-2-7(17)11(18)12(8)19/h2-4H,5H2,1H3,(H,20,24)(H,21,23). The zero-order chi connectivity index (χ0) is 18.0. The quantitative estimate of drug-likeness (QED) is 0.801. The molecule has 128 valence electrons. The highest BCUT2D eigenvalue weighted by molar-refractivity contribution is 6.41. The molecule has 0 fully saturated rings. The van der Waals surface area contributed by atoms with Crippen LogP contribution < -0.4 is 10.6 Å². The van der Waals surface area contributed by atoms with Gasteiger partial charge in [0.05, 0.1) is 17.3 Å². The molecule has 0 saturated carbocycles. The van der Waals surface area contributed by atoms with Gasteiger partial charge in [-0.05, 0) is 18.2 Å². The van der Waals surface area contributed by atoms with Gasteiger partial charge in [-0.1, -0.05) is 23.2 Å². The van der Waals surface area contributed by atoms with Crippen molar-refractivity contribution in [3.05, 3.63) is 51.5 Å². The Labute approximate surface area is 144 Å². The van der Waals surface area contributed by atoms with Crippen LogP contribution in [0.4, 0.5) is 18.9 Å². The van der Waals surface area contributed by atoms with Gasteiger partial charge in [-0.3, -0.25) is 9.59 Å². The van der Waals surface area contributed by atoms with Crippen LogP contribution in [0.3, 0.4) is 0 Å². The number of amides is 2. The van der Waals surface area contributed by atoms with Crippen LogP contribution in [0.2, 0.25) is 10.2 Å². The first kappa shape index (κ1) is 18.2. The van der Waals surface area contributed by atoms with E-state index in [1.807, 2.05) is 5.32 Å². The second-order valence-electron chi connectivity index (χ2n) is 4.68. The summed E-state index contributed by atoms with van der Waals surface area (Å²) in [6, 6.07) is 2.84. The lowest BCUT2D eigenvalue weighted by Gasteiger charge is -2.09. The number of carbonyl (C=O) groups is 2. The Morgan fingerprint density at radius 1 is 1.17 bits per heavy atom. The molecule has 0 aliphatic heterocycles. The molecule has 5 nitrogen and oxygen atoms in total. The third-order valence-electron chi connectivity index (χ3n) is 3.07. The number of halogens is 5. The van der Waals surface area contributed by atoms with E-state index in [0.717, 1.165) is 6.07 Å². The van der Waals surface area contributed by atoms with E-state index in [1.54, 1.807) is 0 Å². The first-order valence-electron chi connectivity index (χ1n) is 6.44. The topological polar surface area (TPSA) is 63.1 Å². The summed E-state index contributed by atoms with van der Waals surface area (Å²) in [6.45, 7) is -0.530. The van der Waals surface area contributed by atoms with Gasteiger partial charge < -0.3 is 15.2 Å². The molecule has 0 spiro atoms. The second kappa shape index (κ2) is 7.14. The van der Waals surface area contributed by atoms with Gasteiger partial charge in [0.1, 0.15) is 10.8 Å². The van der Waals surface area contributed by atoms with E-state index < -0.39 is 41.5 Å². The minimum Gasteiger partial charge on any atom is -0.342 e. The van der Waals surface area contributed by atoms with Gasteiger partial charge >= 0.3 is 0 Å². The van der Waals surface area contributed by atoms with Crippen molar-refractivity contribution in [3.63, 3.8) is 0 Å². The Morgan fingerprint density at radius 2 is 1.83 bits per heavy atom. The maximum absolute atomic E-state index is 13.4. The van der Waals surface area contributed by atoms with Crippen molar-refractivity contribution in [2.75, 3.05) is 11.9 Å². The molecule has 0 unspecified atom stereocenters. The molecule has 2 amide bonds. The van der Waals surface area contributed by atoms with Crippen molar-refractivity contribution in [1.29, 1.82) is 0 Å². The van der Waals surface area contributed by atoms with Crippen LogP contribution in [0.5, 0.6) is 0 Å². The molecule has 2 aromatic rings. The van der Waals surface area contributed by atoms with Gasteiger partial charge in [0.15, 0.2) is 17.5 Å². The van der Waals surface area contributed by atoms with E-state index in [2.05, 4.69) is 5.32 Å². The van der Waals surface area contributed by atoms with Crippen molar-refractivity contribution < 1.29 is 22.8 Å². The van der Waals surface area contributed by atoms with E-state index in [-0.39, 0.29) is 15.9 Å². The SMILES string of the molecule is Cn1c(C(=O)NCC(=O)Nc2ccc(F)c(F)c2F)cc(Cl)c1Cl. The summed E-state index contributed by atoms with van der Waals surface area (Å²) in [6.07, 6.45) is 0. The van der Waals surface area contributed by atoms with E-state index in [9.17, 15) is 22.8 Å². The van der Waals surface area contributed by atoms with Crippen molar-refractivity contribution in [3.8, 4) is 0 Å². The fourth-order valence-electron chi connectivity index (χ4n) is 1.83. The Kier molecular flexibility index (Phi) is 5.40. The number of hydrogen-bond acceptors (Lipinski definition) is 2. The number of carbonyl (C=O) groups excluding carboxylic acids is 2. The number of rotatable bonds is 4. The van der Waals surface area contributed by atoms with Gasteiger partial charge in [-0.2, -0.15) is 0 Å². The van der Waals surface area contributed by atoms with Crippen molar-refractivity contribution in [2.24, 2.45) is 7.05 Å². The van der Waals surface area contributed by atoms with Crippen molar-refractivity contribution >= 4 is 40.7 Å². The summed E-state index contributed by atoms with van der Waals surface area (Å²) < 4.78 is 40.6. The van der Waals surface area contributed by atoms with Gasteiger partial charge in [-0.15, -0.1) is 0 Å². The molecule has 1 heterocycles. The number of anilines is 1. The van der Waals surface area contributed by atoms with E-state index in [0.29, 0.717) is 6.07 Å². The van der Waals surface area contributed by atoms with Gasteiger partial charge in [-0.25, -0.2) is 13.2 Å². The minimum absolute atomic E-state index is 0.108. The highest BCUT2D eigenvalue weighted by Crippen LogP contribution is 2.25. The molecule has 10 heteroatoms. The van der Waals surface area contributed by atoms with Crippen molar-refractivity contribution in [1.82, 2.24) is 9.88 Å². The van der Waals surface area contributed by atoms with Crippen LogP contribution in [0.1, 0.15) is 10.5 Å². The maximum atomic E-state index is 13.4. The molecule has 0 atom stereocenters. The molecule has 0 saturated heterocycles. The molecule has 2 N–H and O–H groups in total. The van der Waals surface area contributed by atoms with Crippen LogP contribution in [0.25, 0.3) is 0 Å². The zero-order valence-corrected chi connectivity index (χ0v) is 13.6. The molecule has 0 aliphatic rings. The van der Waals surface area contributed by atoms with Crippen molar-refractivity contribution in [2.45, 2.75) is 0 Å². The Morgan fingerprint density at radius 3 is 2.42 bits per heavy atom. The fourth-order valence-corrected chi connectivity index (χ4v) is 2.20. The smallest absolute Gasteiger partial charge is 0.268 e. The summed E-state index contributed by atoms with van der Waals surface area (Å²) in [7, 11) is 1.50. The van der Waals surface area contributed by atoms with Gasteiger partial charge in [0, 0.05) is 7.05 Å². The molecule has 1 aromatic heterocycles. The highest BCUT2D eigenvalue weighted by Gasteiger charge is 2.18. The maximum Gasteiger partial charge on any atom is 0.268 e. The van der Waals surface area contributed by atoms with E-state index in [4.69, 9.17) is 23.2 Å². The van der Waals surface area contributed by atoms with Crippen LogP contribution in [-0.4, -0.2) is 22.9 Å². The first-order chi connectivity index (χ1) is 11.2. The third-order valence-corrected chi connectivity index (χ3v) is 3.91. The minimum atomic E-state index is -1.70. The molecule has 1 aromatic carbocycles. The van der Waals surface area contributed by atoms with Gasteiger partial charge in [0.25, 0.3) is 5.91 Å². The van der Waals surface area contributed by atoms with Crippen LogP contribution in [0, 0.1) is 17.5 Å².